The topological polar surface area (TPSA) is 92.4 Å². The Labute approximate surface area is 106 Å². The number of amides is 1. The number of carbonyl (C=O) groups is 1. The maximum atomic E-state index is 12.8. The molecule has 19 heavy (non-hydrogen) atoms. The molecule has 2 heterocycles. The first-order valence-corrected chi connectivity index (χ1v) is 5.38. The molecule has 0 saturated heterocycles. The van der Waals surface area contributed by atoms with Crippen molar-refractivity contribution < 1.29 is 18.7 Å². The molecule has 2 rings (SSSR count). The van der Waals surface area contributed by atoms with Crippen LogP contribution in [0.4, 0.5) is 8.78 Å². The fraction of sp³-hybridized carbons (Fsp3) is 0.400. The van der Waals surface area contributed by atoms with Gasteiger partial charge in [0.25, 0.3) is 17.6 Å². The summed E-state index contributed by atoms with van der Waals surface area (Å²) in [6.07, 6.45) is 1.50. The zero-order valence-electron chi connectivity index (χ0n) is 9.97. The van der Waals surface area contributed by atoms with Gasteiger partial charge >= 0.3 is 0 Å². The minimum absolute atomic E-state index is 0.207. The van der Waals surface area contributed by atoms with Crippen molar-refractivity contribution in [1.29, 1.82) is 0 Å². The molecule has 0 aliphatic carbocycles. The molecule has 0 spiro atoms. The standard InChI is InChI=1S/C10H11F2N5O2/c1-6-2-3-13-9-15-7(16-17(6)9)8(19)14-4-10(11,12)5-18/h2-3,18H,4-5H2,1H3,(H,14,19). The van der Waals surface area contributed by atoms with Gasteiger partial charge in [-0.15, -0.1) is 5.10 Å². The van der Waals surface area contributed by atoms with Gasteiger partial charge in [-0.2, -0.15) is 4.98 Å². The fourth-order valence-electron chi connectivity index (χ4n) is 1.35. The Kier molecular flexibility index (Phi) is 3.38. The summed E-state index contributed by atoms with van der Waals surface area (Å²) >= 11 is 0. The first-order chi connectivity index (χ1) is 8.93. The van der Waals surface area contributed by atoms with Crippen LogP contribution in [-0.4, -0.2) is 49.7 Å². The van der Waals surface area contributed by atoms with Crippen molar-refractivity contribution in [2.75, 3.05) is 13.2 Å². The first-order valence-electron chi connectivity index (χ1n) is 5.38. The lowest BCUT2D eigenvalue weighted by molar-refractivity contribution is -0.0462. The number of fused-ring (bicyclic) bond motifs is 1. The number of aryl methyl sites for hydroxylation is 1. The number of aromatic nitrogens is 4. The number of aliphatic hydroxyl groups excluding tert-OH is 1. The molecular formula is C10H11F2N5O2. The molecule has 0 unspecified atom stereocenters. The average molecular weight is 271 g/mol. The van der Waals surface area contributed by atoms with E-state index in [1.807, 2.05) is 5.32 Å². The number of halogens is 2. The van der Waals surface area contributed by atoms with E-state index in [2.05, 4.69) is 15.1 Å². The van der Waals surface area contributed by atoms with Gasteiger partial charge in [-0.1, -0.05) is 0 Å². The Morgan fingerprint density at radius 2 is 2.32 bits per heavy atom. The smallest absolute Gasteiger partial charge is 0.291 e. The lowest BCUT2D eigenvalue weighted by Gasteiger charge is -2.12. The van der Waals surface area contributed by atoms with Crippen LogP contribution in [0.5, 0.6) is 0 Å². The van der Waals surface area contributed by atoms with Crippen LogP contribution in [-0.2, 0) is 0 Å². The van der Waals surface area contributed by atoms with E-state index in [1.165, 1.54) is 10.7 Å². The second-order valence-electron chi connectivity index (χ2n) is 3.93. The summed E-state index contributed by atoms with van der Waals surface area (Å²) in [5.74, 6) is -4.27. The minimum Gasteiger partial charge on any atom is -0.390 e. The van der Waals surface area contributed by atoms with Crippen LogP contribution in [0.15, 0.2) is 12.3 Å². The van der Waals surface area contributed by atoms with Crippen LogP contribution < -0.4 is 5.32 Å². The van der Waals surface area contributed by atoms with E-state index in [0.717, 1.165) is 0 Å². The van der Waals surface area contributed by atoms with Crippen molar-refractivity contribution in [1.82, 2.24) is 24.9 Å². The molecular weight excluding hydrogens is 260 g/mol. The van der Waals surface area contributed by atoms with Gasteiger partial charge in [-0.05, 0) is 13.0 Å². The minimum atomic E-state index is -3.37. The van der Waals surface area contributed by atoms with E-state index < -0.39 is 25.0 Å². The molecule has 102 valence electrons. The van der Waals surface area contributed by atoms with Gasteiger partial charge in [-0.25, -0.2) is 18.3 Å². The van der Waals surface area contributed by atoms with Crippen LogP contribution in [0.3, 0.4) is 0 Å². The summed E-state index contributed by atoms with van der Waals surface area (Å²) in [6.45, 7) is -0.582. The predicted molar refractivity (Wildman–Crippen MR) is 59.9 cm³/mol. The lowest BCUT2D eigenvalue weighted by atomic mass is 10.3. The summed E-state index contributed by atoms with van der Waals surface area (Å²) in [5, 5.41) is 14.2. The summed E-state index contributed by atoms with van der Waals surface area (Å²) in [7, 11) is 0. The predicted octanol–water partition coefficient (Wildman–Crippen LogP) is -0.210. The van der Waals surface area contributed by atoms with Crippen molar-refractivity contribution in [2.24, 2.45) is 0 Å². The molecule has 7 nitrogen and oxygen atoms in total. The normalized spacial score (nSPS) is 11.8. The average Bonchev–Trinajstić information content (AvgIpc) is 2.81. The highest BCUT2D eigenvalue weighted by Crippen LogP contribution is 2.10. The van der Waals surface area contributed by atoms with Crippen molar-refractivity contribution in [3.63, 3.8) is 0 Å². The van der Waals surface area contributed by atoms with Gasteiger partial charge in [0.05, 0.1) is 6.54 Å². The fourth-order valence-corrected chi connectivity index (χ4v) is 1.35. The van der Waals surface area contributed by atoms with E-state index in [0.29, 0.717) is 5.69 Å². The summed E-state index contributed by atoms with van der Waals surface area (Å²) in [4.78, 5) is 19.3. The zero-order chi connectivity index (χ0) is 14.0. The van der Waals surface area contributed by atoms with Crippen molar-refractivity contribution in [2.45, 2.75) is 12.8 Å². The van der Waals surface area contributed by atoms with Gasteiger partial charge in [0, 0.05) is 11.9 Å². The third kappa shape index (κ3) is 2.81. The summed E-state index contributed by atoms with van der Waals surface area (Å²) in [6, 6.07) is 1.67. The van der Waals surface area contributed by atoms with Crippen LogP contribution >= 0.6 is 0 Å². The molecule has 2 aromatic heterocycles. The van der Waals surface area contributed by atoms with Crippen molar-refractivity contribution in [3.8, 4) is 0 Å². The Hall–Kier alpha value is -2.16. The monoisotopic (exact) mass is 271 g/mol. The maximum absolute atomic E-state index is 12.8. The molecule has 0 radical (unpaired) electrons. The van der Waals surface area contributed by atoms with Gasteiger partial charge in [0.2, 0.25) is 5.82 Å². The molecule has 0 aliphatic heterocycles. The van der Waals surface area contributed by atoms with Crippen LogP contribution in [0.25, 0.3) is 5.78 Å². The van der Waals surface area contributed by atoms with Gasteiger partial charge in [0.1, 0.15) is 6.61 Å². The van der Waals surface area contributed by atoms with E-state index in [4.69, 9.17) is 5.11 Å². The first kappa shape index (κ1) is 13.3. The second kappa shape index (κ2) is 4.84. The van der Waals surface area contributed by atoms with Crippen LogP contribution in [0.2, 0.25) is 0 Å². The highest BCUT2D eigenvalue weighted by atomic mass is 19.3. The van der Waals surface area contributed by atoms with Crippen LogP contribution in [0.1, 0.15) is 16.3 Å². The largest absolute Gasteiger partial charge is 0.390 e. The molecule has 2 aromatic rings. The van der Waals surface area contributed by atoms with E-state index >= 15 is 0 Å². The molecule has 0 saturated carbocycles. The van der Waals surface area contributed by atoms with Crippen molar-refractivity contribution in [3.05, 3.63) is 23.8 Å². The molecule has 9 heteroatoms. The lowest BCUT2D eigenvalue weighted by Crippen LogP contribution is -2.39. The SMILES string of the molecule is Cc1ccnc2nc(C(=O)NCC(F)(F)CO)nn12. The molecule has 0 aliphatic rings. The van der Waals surface area contributed by atoms with E-state index in [-0.39, 0.29) is 11.6 Å². The molecule has 1 amide bonds. The molecule has 0 aromatic carbocycles. The van der Waals surface area contributed by atoms with E-state index in [9.17, 15) is 13.6 Å². The number of alkyl halides is 2. The summed E-state index contributed by atoms with van der Waals surface area (Å²) < 4.78 is 26.9. The number of rotatable bonds is 4. The third-order valence-electron chi connectivity index (χ3n) is 2.37. The van der Waals surface area contributed by atoms with Gasteiger partial charge in [0.15, 0.2) is 0 Å². The number of hydrogen-bond donors (Lipinski definition) is 2. The number of aliphatic hydroxyl groups is 1. The molecule has 0 bridgehead atoms. The van der Waals surface area contributed by atoms with Crippen LogP contribution in [0, 0.1) is 6.92 Å². The van der Waals surface area contributed by atoms with E-state index in [1.54, 1.807) is 13.0 Å². The Bertz CT molecular complexity index is 613. The number of hydrogen-bond acceptors (Lipinski definition) is 5. The number of nitrogens with zero attached hydrogens (tertiary/aromatic N) is 4. The Balaban J connectivity index is 2.16. The van der Waals surface area contributed by atoms with Crippen molar-refractivity contribution >= 4 is 11.7 Å². The van der Waals surface area contributed by atoms with Gasteiger partial charge in [-0.3, -0.25) is 4.79 Å². The highest BCUT2D eigenvalue weighted by Gasteiger charge is 2.29. The molecule has 0 fully saturated rings. The maximum Gasteiger partial charge on any atom is 0.291 e. The Morgan fingerprint density at radius 1 is 1.58 bits per heavy atom. The Morgan fingerprint density at radius 3 is 2.95 bits per heavy atom. The number of carbonyl (C=O) groups excluding carboxylic acids is 1. The summed E-state index contributed by atoms with van der Waals surface area (Å²) in [5.41, 5.74) is 0.706. The zero-order valence-corrected chi connectivity index (χ0v) is 9.97. The quantitative estimate of drug-likeness (QED) is 0.802. The second-order valence-corrected chi connectivity index (χ2v) is 3.93. The third-order valence-corrected chi connectivity index (χ3v) is 2.37. The van der Waals surface area contributed by atoms with Gasteiger partial charge < -0.3 is 10.4 Å². The highest BCUT2D eigenvalue weighted by molar-refractivity contribution is 5.90. The number of nitrogens with one attached hydrogen (secondary N) is 1. The molecule has 2 N–H and O–H groups in total. The molecule has 0 atom stereocenters.